The van der Waals surface area contributed by atoms with Gasteiger partial charge in [-0.3, -0.25) is 4.79 Å². The lowest BCUT2D eigenvalue weighted by Crippen LogP contribution is -2.36. The number of nitrogens with two attached hydrogens (primary N) is 1. The molecule has 0 unspecified atom stereocenters. The average Bonchev–Trinajstić information content (AvgIpc) is 2.64. The average molecular weight is 242 g/mol. The molecule has 0 saturated heterocycles. The number of carbonyl (C=O) groups excluding carboxylic acids is 1. The summed E-state index contributed by atoms with van der Waals surface area (Å²) in [5.74, 6) is 0.596. The molecule has 6 heteroatoms. The molecule has 0 aliphatic heterocycles. The molecule has 0 atom stereocenters. The molecule has 0 aliphatic carbocycles. The van der Waals surface area contributed by atoms with Gasteiger partial charge in [0.15, 0.2) is 0 Å². The number of hydrogen-bond donors (Lipinski definition) is 1. The zero-order valence-electron chi connectivity index (χ0n) is 9.93. The molecule has 0 bridgehead atoms. The summed E-state index contributed by atoms with van der Waals surface area (Å²) in [6.45, 7) is 3.29. The molecule has 0 saturated carbocycles. The zero-order chi connectivity index (χ0) is 12.1. The van der Waals surface area contributed by atoms with E-state index in [0.717, 1.165) is 18.0 Å². The van der Waals surface area contributed by atoms with Crippen LogP contribution in [0.3, 0.4) is 0 Å². The molecule has 1 heterocycles. The Morgan fingerprint density at radius 3 is 2.69 bits per heavy atom. The van der Waals surface area contributed by atoms with Gasteiger partial charge >= 0.3 is 0 Å². The molecule has 0 fully saturated rings. The quantitative estimate of drug-likeness (QED) is 0.837. The van der Waals surface area contributed by atoms with E-state index in [0.29, 0.717) is 12.4 Å². The zero-order valence-corrected chi connectivity index (χ0v) is 10.8. The van der Waals surface area contributed by atoms with Crippen molar-refractivity contribution in [2.24, 2.45) is 0 Å². The van der Waals surface area contributed by atoms with Gasteiger partial charge in [-0.2, -0.15) is 4.37 Å². The monoisotopic (exact) mass is 242 g/mol. The standard InChI is InChI=1S/C10H18N4OS/c1-4-5-14(7-9(15)13(2)3)10-6-8(11)12-16-10/h6H,4-5,7H2,1-3H3,(H2,11,12). The number of rotatable bonds is 5. The lowest BCUT2D eigenvalue weighted by atomic mass is 10.4. The van der Waals surface area contributed by atoms with Crippen molar-refractivity contribution in [2.45, 2.75) is 13.3 Å². The molecule has 16 heavy (non-hydrogen) atoms. The number of aromatic nitrogens is 1. The molecule has 1 aromatic rings. The molecule has 0 spiro atoms. The highest BCUT2D eigenvalue weighted by molar-refractivity contribution is 7.10. The topological polar surface area (TPSA) is 62.5 Å². The predicted octanol–water partition coefficient (Wildman–Crippen LogP) is 1.03. The first-order valence-corrected chi connectivity index (χ1v) is 5.99. The van der Waals surface area contributed by atoms with Crippen LogP contribution in [0.1, 0.15) is 13.3 Å². The van der Waals surface area contributed by atoms with Crippen LogP contribution in [0, 0.1) is 0 Å². The Hall–Kier alpha value is -1.30. The summed E-state index contributed by atoms with van der Waals surface area (Å²) in [7, 11) is 3.51. The van der Waals surface area contributed by atoms with Crippen molar-refractivity contribution < 1.29 is 4.79 Å². The van der Waals surface area contributed by atoms with E-state index in [-0.39, 0.29) is 5.91 Å². The maximum Gasteiger partial charge on any atom is 0.241 e. The minimum Gasteiger partial charge on any atom is -0.383 e. The summed E-state index contributed by atoms with van der Waals surface area (Å²) in [5.41, 5.74) is 5.58. The van der Waals surface area contributed by atoms with Gasteiger partial charge in [0.05, 0.1) is 6.54 Å². The molecule has 0 aromatic carbocycles. The van der Waals surface area contributed by atoms with E-state index in [2.05, 4.69) is 11.3 Å². The van der Waals surface area contributed by atoms with E-state index in [4.69, 9.17) is 5.73 Å². The van der Waals surface area contributed by atoms with Crippen molar-refractivity contribution in [3.05, 3.63) is 6.07 Å². The van der Waals surface area contributed by atoms with Gasteiger partial charge in [0, 0.05) is 26.7 Å². The van der Waals surface area contributed by atoms with E-state index in [1.165, 1.54) is 11.5 Å². The molecule has 0 aliphatic rings. The minimum atomic E-state index is 0.0837. The van der Waals surface area contributed by atoms with E-state index in [1.807, 2.05) is 11.0 Å². The van der Waals surface area contributed by atoms with E-state index in [9.17, 15) is 4.79 Å². The van der Waals surface area contributed by atoms with E-state index >= 15 is 0 Å². The van der Waals surface area contributed by atoms with Crippen molar-refractivity contribution in [3.63, 3.8) is 0 Å². The second kappa shape index (κ2) is 5.69. The summed E-state index contributed by atoms with van der Waals surface area (Å²) in [4.78, 5) is 15.2. The third kappa shape index (κ3) is 3.37. The first kappa shape index (κ1) is 12.8. The van der Waals surface area contributed by atoms with Crippen molar-refractivity contribution in [1.82, 2.24) is 9.27 Å². The van der Waals surface area contributed by atoms with Crippen molar-refractivity contribution in [2.75, 3.05) is 37.8 Å². The van der Waals surface area contributed by atoms with Gasteiger partial charge in [-0.05, 0) is 18.0 Å². The number of amides is 1. The fourth-order valence-electron chi connectivity index (χ4n) is 1.27. The maximum absolute atomic E-state index is 11.6. The molecule has 1 rings (SSSR count). The molecule has 90 valence electrons. The molecular formula is C10H18N4OS. The Kier molecular flexibility index (Phi) is 4.54. The molecular weight excluding hydrogens is 224 g/mol. The number of nitrogen functional groups attached to an aromatic ring is 1. The molecule has 0 radical (unpaired) electrons. The second-order valence-electron chi connectivity index (χ2n) is 3.80. The lowest BCUT2D eigenvalue weighted by molar-refractivity contribution is -0.127. The highest BCUT2D eigenvalue weighted by atomic mass is 32.1. The lowest BCUT2D eigenvalue weighted by Gasteiger charge is -2.22. The van der Waals surface area contributed by atoms with E-state index < -0.39 is 0 Å². The molecule has 5 nitrogen and oxygen atoms in total. The third-order valence-electron chi connectivity index (χ3n) is 2.15. The van der Waals surface area contributed by atoms with Crippen LogP contribution in [-0.4, -0.2) is 42.4 Å². The molecule has 1 amide bonds. The van der Waals surface area contributed by atoms with Gasteiger partial charge in [0.1, 0.15) is 10.8 Å². The third-order valence-corrected chi connectivity index (χ3v) is 3.01. The number of nitrogens with zero attached hydrogens (tertiary/aromatic N) is 3. The summed E-state index contributed by atoms with van der Waals surface area (Å²) in [6.07, 6.45) is 0.985. The number of likely N-dealkylation sites (N-methyl/N-ethyl adjacent to an activating group) is 1. The van der Waals surface area contributed by atoms with Gasteiger partial charge in [-0.1, -0.05) is 6.92 Å². The van der Waals surface area contributed by atoms with Gasteiger partial charge in [0.25, 0.3) is 0 Å². The number of carbonyl (C=O) groups is 1. The predicted molar refractivity (Wildman–Crippen MR) is 67.7 cm³/mol. The Labute approximate surface area is 100 Å². The highest BCUT2D eigenvalue weighted by Gasteiger charge is 2.14. The highest BCUT2D eigenvalue weighted by Crippen LogP contribution is 2.22. The Morgan fingerprint density at radius 1 is 1.56 bits per heavy atom. The van der Waals surface area contributed by atoms with Crippen LogP contribution in [0.25, 0.3) is 0 Å². The van der Waals surface area contributed by atoms with Crippen molar-refractivity contribution in [3.8, 4) is 0 Å². The van der Waals surface area contributed by atoms with Gasteiger partial charge < -0.3 is 15.5 Å². The summed E-state index contributed by atoms with van der Waals surface area (Å²) < 4.78 is 4.02. The van der Waals surface area contributed by atoms with Crippen LogP contribution in [0.5, 0.6) is 0 Å². The first-order chi connectivity index (χ1) is 7.54. The van der Waals surface area contributed by atoms with Gasteiger partial charge in [-0.15, -0.1) is 0 Å². The largest absolute Gasteiger partial charge is 0.383 e. The van der Waals surface area contributed by atoms with Crippen LogP contribution < -0.4 is 10.6 Å². The van der Waals surface area contributed by atoms with Crippen LogP contribution in [-0.2, 0) is 4.79 Å². The molecule has 2 N–H and O–H groups in total. The molecule has 1 aromatic heterocycles. The number of anilines is 2. The fraction of sp³-hybridized carbons (Fsp3) is 0.600. The smallest absolute Gasteiger partial charge is 0.241 e. The van der Waals surface area contributed by atoms with Crippen LogP contribution in [0.2, 0.25) is 0 Å². The van der Waals surface area contributed by atoms with Crippen LogP contribution in [0.15, 0.2) is 6.07 Å². The minimum absolute atomic E-state index is 0.0837. The Bertz CT molecular complexity index is 350. The Morgan fingerprint density at radius 2 is 2.25 bits per heavy atom. The van der Waals surface area contributed by atoms with Crippen LogP contribution >= 0.6 is 11.5 Å². The number of hydrogen-bond acceptors (Lipinski definition) is 5. The van der Waals surface area contributed by atoms with Gasteiger partial charge in [-0.25, -0.2) is 0 Å². The SMILES string of the molecule is CCCN(CC(=O)N(C)C)c1cc(N)ns1. The first-order valence-electron chi connectivity index (χ1n) is 5.22. The fourth-order valence-corrected chi connectivity index (χ4v) is 1.97. The second-order valence-corrected chi connectivity index (χ2v) is 4.58. The van der Waals surface area contributed by atoms with Crippen molar-refractivity contribution in [1.29, 1.82) is 0 Å². The summed E-state index contributed by atoms with van der Waals surface area (Å²) >= 11 is 1.33. The normalized spacial score (nSPS) is 10.2. The van der Waals surface area contributed by atoms with Crippen molar-refractivity contribution >= 4 is 28.3 Å². The van der Waals surface area contributed by atoms with Crippen LogP contribution in [0.4, 0.5) is 10.8 Å². The summed E-state index contributed by atoms with van der Waals surface area (Å²) in [5, 5.41) is 0.953. The maximum atomic E-state index is 11.6. The van der Waals surface area contributed by atoms with E-state index in [1.54, 1.807) is 19.0 Å². The summed E-state index contributed by atoms with van der Waals surface area (Å²) in [6, 6.07) is 1.81. The Balaban J connectivity index is 2.71. The van der Waals surface area contributed by atoms with Gasteiger partial charge in [0.2, 0.25) is 5.91 Å².